The molecule has 4 nitrogen and oxygen atoms in total. The fraction of sp³-hybridized carbons (Fsp3) is 0.600. The van der Waals surface area contributed by atoms with Crippen molar-refractivity contribution in [3.05, 3.63) is 24.3 Å². The lowest BCUT2D eigenvalue weighted by Gasteiger charge is -2.21. The Balaban J connectivity index is 2.00. The van der Waals surface area contributed by atoms with Crippen LogP contribution in [0.15, 0.2) is 18.5 Å². The zero-order valence-electron chi connectivity index (χ0n) is 8.51. The molecular weight excluding hydrogens is 195 g/mol. The summed E-state index contributed by atoms with van der Waals surface area (Å²) in [6.07, 6.45) is 3.16. The van der Waals surface area contributed by atoms with Crippen molar-refractivity contribution < 1.29 is 4.39 Å². The average Bonchev–Trinajstić information content (AvgIpc) is 2.60. The lowest BCUT2D eigenvalue weighted by Crippen LogP contribution is -2.35. The van der Waals surface area contributed by atoms with Gasteiger partial charge in [-0.1, -0.05) is 0 Å². The van der Waals surface area contributed by atoms with Crippen LogP contribution in [-0.4, -0.2) is 40.2 Å². The molecule has 82 valence electrons. The van der Waals surface area contributed by atoms with Crippen LogP contribution in [0, 0.1) is 0 Å². The minimum atomic E-state index is -0.762. The van der Waals surface area contributed by atoms with E-state index in [-0.39, 0.29) is 6.04 Å². The molecule has 1 saturated heterocycles. The van der Waals surface area contributed by atoms with E-state index in [1.165, 1.54) is 0 Å². The molecule has 0 spiro atoms. The number of likely N-dealkylation sites (tertiary alicyclic amines) is 1. The SMILES string of the molecule is NC[C@@H]1C[C@H](F)CN1Cc1ncccn1. The third-order valence-electron chi connectivity index (χ3n) is 2.71. The molecule has 1 aliphatic rings. The van der Waals surface area contributed by atoms with Crippen molar-refractivity contribution in [2.24, 2.45) is 5.73 Å². The van der Waals surface area contributed by atoms with Crippen LogP contribution in [0.5, 0.6) is 0 Å². The highest BCUT2D eigenvalue weighted by Gasteiger charge is 2.31. The zero-order chi connectivity index (χ0) is 10.7. The predicted molar refractivity (Wildman–Crippen MR) is 54.8 cm³/mol. The molecule has 0 unspecified atom stereocenters. The zero-order valence-corrected chi connectivity index (χ0v) is 8.51. The molecule has 2 N–H and O–H groups in total. The summed E-state index contributed by atoms with van der Waals surface area (Å²) in [5.41, 5.74) is 5.59. The molecule has 0 saturated carbocycles. The Kier molecular flexibility index (Phi) is 3.23. The van der Waals surface area contributed by atoms with Crippen LogP contribution >= 0.6 is 0 Å². The minimum absolute atomic E-state index is 0.129. The highest BCUT2D eigenvalue weighted by atomic mass is 19.1. The Labute approximate surface area is 88.3 Å². The Morgan fingerprint density at radius 3 is 2.87 bits per heavy atom. The Hall–Kier alpha value is -1.07. The second-order valence-corrected chi connectivity index (χ2v) is 3.82. The fourth-order valence-electron chi connectivity index (χ4n) is 1.95. The van der Waals surface area contributed by atoms with Gasteiger partial charge in [0.2, 0.25) is 0 Å². The largest absolute Gasteiger partial charge is 0.329 e. The first-order valence-electron chi connectivity index (χ1n) is 5.13. The van der Waals surface area contributed by atoms with Crippen molar-refractivity contribution in [1.29, 1.82) is 0 Å². The molecule has 1 aliphatic heterocycles. The smallest absolute Gasteiger partial charge is 0.142 e. The normalized spacial score (nSPS) is 27.1. The van der Waals surface area contributed by atoms with Crippen LogP contribution in [0.4, 0.5) is 4.39 Å². The average molecular weight is 210 g/mol. The van der Waals surface area contributed by atoms with Crippen LogP contribution in [0.2, 0.25) is 0 Å². The Morgan fingerprint density at radius 2 is 2.20 bits per heavy atom. The van der Waals surface area contributed by atoms with Gasteiger partial charge < -0.3 is 5.73 Å². The maximum absolute atomic E-state index is 13.2. The lowest BCUT2D eigenvalue weighted by molar-refractivity contribution is 0.233. The standard InChI is InChI=1S/C10H15FN4/c11-8-4-9(5-12)15(6-8)7-10-13-2-1-3-14-10/h1-3,8-9H,4-7,12H2/t8-,9-/m0/s1. The molecule has 2 rings (SSSR count). The van der Waals surface area contributed by atoms with Gasteiger partial charge >= 0.3 is 0 Å². The predicted octanol–water partition coefficient (Wildman–Crippen LogP) is 0.348. The first kappa shape index (κ1) is 10.4. The molecule has 1 aromatic heterocycles. The van der Waals surface area contributed by atoms with Crippen LogP contribution in [0.25, 0.3) is 0 Å². The first-order chi connectivity index (χ1) is 7.29. The number of hydrogen-bond donors (Lipinski definition) is 1. The van der Waals surface area contributed by atoms with Gasteiger partial charge in [-0.3, -0.25) is 4.90 Å². The number of halogens is 1. The topological polar surface area (TPSA) is 55.0 Å². The lowest BCUT2D eigenvalue weighted by atomic mass is 10.2. The van der Waals surface area contributed by atoms with Gasteiger partial charge in [-0.05, 0) is 12.5 Å². The number of hydrogen-bond acceptors (Lipinski definition) is 4. The number of rotatable bonds is 3. The van der Waals surface area contributed by atoms with Gasteiger partial charge in [-0.15, -0.1) is 0 Å². The van der Waals surface area contributed by atoms with Gasteiger partial charge in [0.15, 0.2) is 0 Å². The van der Waals surface area contributed by atoms with Gasteiger partial charge in [0.05, 0.1) is 6.54 Å². The third-order valence-corrected chi connectivity index (χ3v) is 2.71. The van der Waals surface area contributed by atoms with Crippen LogP contribution < -0.4 is 5.73 Å². The molecule has 1 aromatic rings. The highest BCUT2D eigenvalue weighted by molar-refractivity contribution is 4.93. The van der Waals surface area contributed by atoms with Crippen molar-refractivity contribution in [2.75, 3.05) is 13.1 Å². The summed E-state index contributed by atoms with van der Waals surface area (Å²) >= 11 is 0. The van der Waals surface area contributed by atoms with E-state index < -0.39 is 6.17 Å². The summed E-state index contributed by atoms with van der Waals surface area (Å²) in [5.74, 6) is 0.727. The maximum Gasteiger partial charge on any atom is 0.142 e. The number of nitrogens with two attached hydrogens (primary N) is 1. The third kappa shape index (κ3) is 2.49. The van der Waals surface area contributed by atoms with Gasteiger partial charge in [-0.25, -0.2) is 14.4 Å². The number of aromatic nitrogens is 2. The van der Waals surface area contributed by atoms with Crippen molar-refractivity contribution in [1.82, 2.24) is 14.9 Å². The van der Waals surface area contributed by atoms with E-state index in [2.05, 4.69) is 9.97 Å². The van der Waals surface area contributed by atoms with E-state index in [1.54, 1.807) is 18.5 Å². The van der Waals surface area contributed by atoms with Crippen molar-refractivity contribution in [2.45, 2.75) is 25.2 Å². The molecule has 15 heavy (non-hydrogen) atoms. The molecule has 0 radical (unpaired) electrons. The molecule has 2 heterocycles. The molecule has 0 aromatic carbocycles. The summed E-state index contributed by atoms with van der Waals surface area (Å²) in [6, 6.07) is 1.90. The van der Waals surface area contributed by atoms with Crippen LogP contribution in [-0.2, 0) is 6.54 Å². The van der Waals surface area contributed by atoms with E-state index in [4.69, 9.17) is 5.73 Å². The molecule has 0 aliphatic carbocycles. The summed E-state index contributed by atoms with van der Waals surface area (Å²) < 4.78 is 13.2. The second-order valence-electron chi connectivity index (χ2n) is 3.82. The van der Waals surface area contributed by atoms with E-state index in [0.717, 1.165) is 5.82 Å². The van der Waals surface area contributed by atoms with Gasteiger partial charge in [-0.2, -0.15) is 0 Å². The Bertz CT molecular complexity index is 306. The molecule has 1 fully saturated rings. The van der Waals surface area contributed by atoms with Crippen molar-refractivity contribution in [3.8, 4) is 0 Å². The molecule has 0 bridgehead atoms. The highest BCUT2D eigenvalue weighted by Crippen LogP contribution is 2.20. The van der Waals surface area contributed by atoms with Gasteiger partial charge in [0.1, 0.15) is 12.0 Å². The number of nitrogens with zero attached hydrogens (tertiary/aromatic N) is 3. The van der Waals surface area contributed by atoms with Gasteiger partial charge in [0, 0.05) is 31.5 Å². The van der Waals surface area contributed by atoms with Crippen molar-refractivity contribution in [3.63, 3.8) is 0 Å². The van der Waals surface area contributed by atoms with E-state index >= 15 is 0 Å². The summed E-state index contributed by atoms with van der Waals surface area (Å²) in [4.78, 5) is 10.3. The van der Waals surface area contributed by atoms with Crippen molar-refractivity contribution >= 4 is 0 Å². The van der Waals surface area contributed by atoms with E-state index in [1.807, 2.05) is 4.90 Å². The molecule has 2 atom stereocenters. The number of alkyl halides is 1. The molecular formula is C10H15FN4. The Morgan fingerprint density at radius 1 is 1.47 bits per heavy atom. The molecule has 5 heteroatoms. The molecule has 0 amide bonds. The summed E-state index contributed by atoms with van der Waals surface area (Å²) in [6.45, 7) is 1.52. The summed E-state index contributed by atoms with van der Waals surface area (Å²) in [7, 11) is 0. The monoisotopic (exact) mass is 210 g/mol. The fourth-order valence-corrected chi connectivity index (χ4v) is 1.95. The van der Waals surface area contributed by atoms with E-state index in [9.17, 15) is 4.39 Å². The van der Waals surface area contributed by atoms with Crippen LogP contribution in [0.3, 0.4) is 0 Å². The first-order valence-corrected chi connectivity index (χ1v) is 5.13. The van der Waals surface area contributed by atoms with Crippen LogP contribution in [0.1, 0.15) is 12.2 Å². The minimum Gasteiger partial charge on any atom is -0.329 e. The second kappa shape index (κ2) is 4.63. The summed E-state index contributed by atoms with van der Waals surface area (Å²) in [5, 5.41) is 0. The van der Waals surface area contributed by atoms with Gasteiger partial charge in [0.25, 0.3) is 0 Å². The quantitative estimate of drug-likeness (QED) is 0.782. The van der Waals surface area contributed by atoms with E-state index in [0.29, 0.717) is 26.1 Å². The maximum atomic E-state index is 13.2.